The van der Waals surface area contributed by atoms with Gasteiger partial charge < -0.3 is 5.32 Å². The van der Waals surface area contributed by atoms with Crippen LogP contribution in [0.5, 0.6) is 0 Å². The van der Waals surface area contributed by atoms with Crippen molar-refractivity contribution < 1.29 is 8.78 Å². The van der Waals surface area contributed by atoms with E-state index in [4.69, 9.17) is 0 Å². The van der Waals surface area contributed by atoms with E-state index in [1.807, 2.05) is 30.3 Å². The average Bonchev–Trinajstić information content (AvgIpc) is 2.43. The normalized spacial score (nSPS) is 9.79. The Labute approximate surface area is 111 Å². The summed E-state index contributed by atoms with van der Waals surface area (Å²) in [6, 6.07) is 13.0. The second-order valence-corrected chi connectivity index (χ2v) is 4.01. The van der Waals surface area contributed by atoms with Crippen LogP contribution in [0.3, 0.4) is 0 Å². The summed E-state index contributed by atoms with van der Waals surface area (Å²) in [6.07, 6.45) is 0. The second-order valence-electron chi connectivity index (χ2n) is 4.01. The maximum absolute atomic E-state index is 13.3. The van der Waals surface area contributed by atoms with Crippen LogP contribution < -0.4 is 5.32 Å². The molecule has 0 fully saturated rings. The molecule has 0 aliphatic heterocycles. The van der Waals surface area contributed by atoms with Crippen LogP contribution in [0.2, 0.25) is 0 Å². The Morgan fingerprint density at radius 1 is 1.00 bits per heavy atom. The van der Waals surface area contributed by atoms with Gasteiger partial charge in [-0.3, -0.25) is 0 Å². The molecule has 0 aliphatic rings. The van der Waals surface area contributed by atoms with Crippen LogP contribution in [0.15, 0.2) is 48.5 Å². The van der Waals surface area contributed by atoms with Crippen LogP contribution in [0.1, 0.15) is 11.1 Å². The van der Waals surface area contributed by atoms with Crippen molar-refractivity contribution in [3.63, 3.8) is 0 Å². The summed E-state index contributed by atoms with van der Waals surface area (Å²) in [7, 11) is 0. The molecular formula is C16H13F2N. The summed E-state index contributed by atoms with van der Waals surface area (Å²) < 4.78 is 26.2. The molecule has 0 atom stereocenters. The molecular weight excluding hydrogens is 244 g/mol. The minimum Gasteiger partial charge on any atom is -0.302 e. The first kappa shape index (κ1) is 13.3. The van der Waals surface area contributed by atoms with Gasteiger partial charge in [0.05, 0.1) is 6.54 Å². The fourth-order valence-corrected chi connectivity index (χ4v) is 1.61. The highest BCUT2D eigenvalue weighted by Crippen LogP contribution is 2.08. The van der Waals surface area contributed by atoms with E-state index in [9.17, 15) is 8.78 Å². The van der Waals surface area contributed by atoms with Crippen LogP contribution in [0.4, 0.5) is 8.78 Å². The van der Waals surface area contributed by atoms with Gasteiger partial charge in [0.1, 0.15) is 11.6 Å². The summed E-state index contributed by atoms with van der Waals surface area (Å²) in [5.74, 6) is 5.06. The molecule has 0 amide bonds. The van der Waals surface area contributed by atoms with Gasteiger partial charge in [0.15, 0.2) is 0 Å². The molecule has 0 unspecified atom stereocenters. The molecule has 0 heterocycles. The lowest BCUT2D eigenvalue weighted by atomic mass is 10.2. The van der Waals surface area contributed by atoms with E-state index in [1.54, 1.807) is 0 Å². The van der Waals surface area contributed by atoms with Gasteiger partial charge in [-0.25, -0.2) is 8.78 Å². The van der Waals surface area contributed by atoms with Gasteiger partial charge in [-0.2, -0.15) is 0 Å². The molecule has 2 aromatic rings. The van der Waals surface area contributed by atoms with Crippen molar-refractivity contribution in [3.8, 4) is 11.8 Å². The highest BCUT2D eigenvalue weighted by Gasteiger charge is 2.02. The predicted molar refractivity (Wildman–Crippen MR) is 71.4 cm³/mol. The first-order chi connectivity index (χ1) is 9.25. The van der Waals surface area contributed by atoms with Gasteiger partial charge in [-0.05, 0) is 30.3 Å². The van der Waals surface area contributed by atoms with Crippen LogP contribution in [-0.4, -0.2) is 6.54 Å². The van der Waals surface area contributed by atoms with E-state index in [0.717, 1.165) is 17.7 Å². The number of halogens is 2. The first-order valence-electron chi connectivity index (χ1n) is 5.94. The smallest absolute Gasteiger partial charge is 0.127 e. The fraction of sp³-hybridized carbons (Fsp3) is 0.125. The molecule has 2 rings (SSSR count). The molecule has 3 heteroatoms. The van der Waals surface area contributed by atoms with E-state index >= 15 is 0 Å². The lowest BCUT2D eigenvalue weighted by molar-refractivity contribution is 0.575. The summed E-state index contributed by atoms with van der Waals surface area (Å²) in [4.78, 5) is 0. The minimum atomic E-state index is -0.437. The van der Waals surface area contributed by atoms with Crippen molar-refractivity contribution in [2.24, 2.45) is 0 Å². The predicted octanol–water partition coefficient (Wildman–Crippen LogP) is 3.11. The van der Waals surface area contributed by atoms with E-state index in [1.165, 1.54) is 6.07 Å². The molecule has 0 saturated heterocycles. The standard InChI is InChI=1S/C16H13F2N/c17-15-8-9-16(18)14(11-15)12-19-10-4-7-13-5-2-1-3-6-13/h1-3,5-6,8-9,11,19H,10,12H2. The number of rotatable bonds is 3. The molecule has 19 heavy (non-hydrogen) atoms. The average molecular weight is 257 g/mol. The number of hydrogen-bond donors (Lipinski definition) is 1. The molecule has 96 valence electrons. The molecule has 0 radical (unpaired) electrons. The Kier molecular flexibility index (Phi) is 4.66. The zero-order valence-electron chi connectivity index (χ0n) is 10.3. The first-order valence-corrected chi connectivity index (χ1v) is 5.94. The lowest BCUT2D eigenvalue weighted by Gasteiger charge is -2.03. The van der Waals surface area contributed by atoms with Crippen LogP contribution in [-0.2, 0) is 6.54 Å². The molecule has 0 bridgehead atoms. The maximum atomic E-state index is 13.3. The molecule has 0 spiro atoms. The Morgan fingerprint density at radius 3 is 2.58 bits per heavy atom. The van der Waals surface area contributed by atoms with Crippen LogP contribution in [0, 0.1) is 23.5 Å². The zero-order valence-corrected chi connectivity index (χ0v) is 10.3. The van der Waals surface area contributed by atoms with Gasteiger partial charge in [0.25, 0.3) is 0 Å². The Balaban J connectivity index is 1.84. The van der Waals surface area contributed by atoms with E-state index in [0.29, 0.717) is 12.1 Å². The summed E-state index contributed by atoms with van der Waals surface area (Å²) in [5, 5.41) is 2.96. The summed E-state index contributed by atoms with van der Waals surface area (Å²) >= 11 is 0. The SMILES string of the molecule is Fc1ccc(F)c(CNCC#Cc2ccccc2)c1. The number of benzene rings is 2. The highest BCUT2D eigenvalue weighted by molar-refractivity contribution is 5.33. The monoisotopic (exact) mass is 257 g/mol. The van der Waals surface area contributed by atoms with Crippen molar-refractivity contribution in [3.05, 3.63) is 71.3 Å². The number of nitrogens with one attached hydrogen (secondary N) is 1. The van der Waals surface area contributed by atoms with Crippen LogP contribution >= 0.6 is 0 Å². The molecule has 0 saturated carbocycles. The van der Waals surface area contributed by atoms with E-state index in [2.05, 4.69) is 17.2 Å². The quantitative estimate of drug-likeness (QED) is 0.658. The largest absolute Gasteiger partial charge is 0.302 e. The van der Waals surface area contributed by atoms with Crippen molar-refractivity contribution >= 4 is 0 Å². The summed E-state index contributed by atoms with van der Waals surface area (Å²) in [6.45, 7) is 0.678. The summed E-state index contributed by atoms with van der Waals surface area (Å²) in [5.41, 5.74) is 1.24. The van der Waals surface area contributed by atoms with Crippen molar-refractivity contribution in [1.82, 2.24) is 5.32 Å². The molecule has 1 nitrogen and oxygen atoms in total. The van der Waals surface area contributed by atoms with E-state index in [-0.39, 0.29) is 6.54 Å². The Hall–Kier alpha value is -2.18. The molecule has 2 aromatic carbocycles. The Morgan fingerprint density at radius 2 is 1.79 bits per heavy atom. The maximum Gasteiger partial charge on any atom is 0.127 e. The highest BCUT2D eigenvalue weighted by atomic mass is 19.1. The number of hydrogen-bond acceptors (Lipinski definition) is 1. The fourth-order valence-electron chi connectivity index (χ4n) is 1.61. The van der Waals surface area contributed by atoms with Crippen molar-refractivity contribution in [2.75, 3.05) is 6.54 Å². The van der Waals surface area contributed by atoms with Gasteiger partial charge in [-0.1, -0.05) is 30.0 Å². The lowest BCUT2D eigenvalue weighted by Crippen LogP contribution is -2.14. The Bertz CT molecular complexity index is 597. The van der Waals surface area contributed by atoms with Crippen molar-refractivity contribution in [1.29, 1.82) is 0 Å². The molecule has 0 aromatic heterocycles. The zero-order chi connectivity index (χ0) is 13.5. The third-order valence-electron chi connectivity index (χ3n) is 2.54. The second kappa shape index (κ2) is 6.67. The molecule has 0 aliphatic carbocycles. The van der Waals surface area contributed by atoms with Gasteiger partial charge in [0.2, 0.25) is 0 Å². The van der Waals surface area contributed by atoms with Crippen molar-refractivity contribution in [2.45, 2.75) is 6.54 Å². The third-order valence-corrected chi connectivity index (χ3v) is 2.54. The van der Waals surface area contributed by atoms with Gasteiger partial charge in [-0.15, -0.1) is 0 Å². The third kappa shape index (κ3) is 4.20. The minimum absolute atomic E-state index is 0.257. The molecule has 1 N–H and O–H groups in total. The van der Waals surface area contributed by atoms with Gasteiger partial charge >= 0.3 is 0 Å². The van der Waals surface area contributed by atoms with Crippen LogP contribution in [0.25, 0.3) is 0 Å². The topological polar surface area (TPSA) is 12.0 Å². The van der Waals surface area contributed by atoms with Gasteiger partial charge in [0, 0.05) is 17.7 Å². The van der Waals surface area contributed by atoms with E-state index < -0.39 is 11.6 Å².